The lowest BCUT2D eigenvalue weighted by Gasteiger charge is -2.13. The molecule has 19 heavy (non-hydrogen) atoms. The van der Waals surface area contributed by atoms with Gasteiger partial charge in [-0.25, -0.2) is 9.78 Å². The number of imidazole rings is 1. The first kappa shape index (κ1) is 12.2. The Hall–Kier alpha value is -1.89. The van der Waals surface area contributed by atoms with Gasteiger partial charge in [0.15, 0.2) is 5.65 Å². The van der Waals surface area contributed by atoms with Crippen molar-refractivity contribution >= 4 is 11.2 Å². The Labute approximate surface area is 108 Å². The fraction of sp³-hybridized carbons (Fsp3) is 0.583. The number of aromatic amines is 1. The standard InChI is InChI=1S/C12H16N4O3/c1-7-13-9-10(14-7)16(6-8-4-3-5-19-8)12(18)15(2)11(9)17/h8H,3-6H2,1-2H3,(H,13,14). The lowest BCUT2D eigenvalue weighted by molar-refractivity contribution is 0.0964. The highest BCUT2D eigenvalue weighted by Gasteiger charge is 2.20. The van der Waals surface area contributed by atoms with E-state index in [1.807, 2.05) is 0 Å². The predicted molar refractivity (Wildman–Crippen MR) is 69.3 cm³/mol. The van der Waals surface area contributed by atoms with Crippen LogP contribution in [0.3, 0.4) is 0 Å². The zero-order chi connectivity index (χ0) is 13.6. The van der Waals surface area contributed by atoms with Crippen molar-refractivity contribution in [2.24, 2.45) is 7.05 Å². The van der Waals surface area contributed by atoms with Crippen molar-refractivity contribution in [3.8, 4) is 0 Å². The molecule has 1 saturated heterocycles. The smallest absolute Gasteiger partial charge is 0.332 e. The van der Waals surface area contributed by atoms with Crippen LogP contribution in [0.5, 0.6) is 0 Å². The number of fused-ring (bicyclic) bond motifs is 1. The van der Waals surface area contributed by atoms with Crippen LogP contribution in [0, 0.1) is 6.92 Å². The van der Waals surface area contributed by atoms with Gasteiger partial charge in [0, 0.05) is 13.7 Å². The van der Waals surface area contributed by atoms with Crippen LogP contribution < -0.4 is 11.2 Å². The van der Waals surface area contributed by atoms with Gasteiger partial charge in [-0.2, -0.15) is 0 Å². The van der Waals surface area contributed by atoms with Crippen LogP contribution in [0.4, 0.5) is 0 Å². The summed E-state index contributed by atoms with van der Waals surface area (Å²) in [6, 6.07) is 0. The summed E-state index contributed by atoms with van der Waals surface area (Å²) in [5.41, 5.74) is 0.0994. The van der Waals surface area contributed by atoms with Crippen molar-refractivity contribution in [1.29, 1.82) is 0 Å². The summed E-state index contributed by atoms with van der Waals surface area (Å²) < 4.78 is 8.18. The Morgan fingerprint density at radius 2 is 2.26 bits per heavy atom. The van der Waals surface area contributed by atoms with Crippen LogP contribution in [0.15, 0.2) is 9.59 Å². The van der Waals surface area contributed by atoms with E-state index in [2.05, 4.69) is 9.97 Å². The molecule has 1 unspecified atom stereocenters. The van der Waals surface area contributed by atoms with Gasteiger partial charge in [-0.15, -0.1) is 0 Å². The molecule has 1 aliphatic rings. The molecule has 102 valence electrons. The third-order valence-corrected chi connectivity index (χ3v) is 3.51. The molecule has 2 aromatic rings. The number of hydrogen-bond donors (Lipinski definition) is 1. The molecule has 7 heteroatoms. The van der Waals surface area contributed by atoms with E-state index < -0.39 is 0 Å². The molecular formula is C12H16N4O3. The molecule has 1 atom stereocenters. The van der Waals surface area contributed by atoms with E-state index >= 15 is 0 Å². The second-order valence-electron chi connectivity index (χ2n) is 4.91. The van der Waals surface area contributed by atoms with Crippen molar-refractivity contribution in [3.05, 3.63) is 26.7 Å². The van der Waals surface area contributed by atoms with Gasteiger partial charge in [0.1, 0.15) is 11.3 Å². The molecule has 7 nitrogen and oxygen atoms in total. The number of nitrogens with one attached hydrogen (secondary N) is 1. The molecule has 0 radical (unpaired) electrons. The Kier molecular flexibility index (Phi) is 2.78. The van der Waals surface area contributed by atoms with Gasteiger partial charge in [-0.3, -0.25) is 13.9 Å². The summed E-state index contributed by atoms with van der Waals surface area (Å²) >= 11 is 0. The molecular weight excluding hydrogens is 248 g/mol. The minimum absolute atomic E-state index is 0.0235. The predicted octanol–water partition coefficient (Wildman–Crippen LogP) is -0.0893. The van der Waals surface area contributed by atoms with Gasteiger partial charge in [0.2, 0.25) is 0 Å². The van der Waals surface area contributed by atoms with Crippen molar-refractivity contribution in [1.82, 2.24) is 19.1 Å². The van der Waals surface area contributed by atoms with E-state index in [1.54, 1.807) is 6.92 Å². The minimum Gasteiger partial charge on any atom is -0.376 e. The summed E-state index contributed by atoms with van der Waals surface area (Å²) in [5, 5.41) is 0. The van der Waals surface area contributed by atoms with Gasteiger partial charge < -0.3 is 9.72 Å². The number of ether oxygens (including phenoxy) is 1. The van der Waals surface area contributed by atoms with Crippen LogP contribution in [0.25, 0.3) is 11.2 Å². The van der Waals surface area contributed by atoms with E-state index in [9.17, 15) is 9.59 Å². The zero-order valence-electron chi connectivity index (χ0n) is 11.0. The number of rotatable bonds is 2. The zero-order valence-corrected chi connectivity index (χ0v) is 11.0. The van der Waals surface area contributed by atoms with Crippen molar-refractivity contribution in [3.63, 3.8) is 0 Å². The molecule has 1 fully saturated rings. The van der Waals surface area contributed by atoms with E-state index in [1.165, 1.54) is 11.6 Å². The quantitative estimate of drug-likeness (QED) is 0.822. The van der Waals surface area contributed by atoms with Crippen molar-refractivity contribution < 1.29 is 4.74 Å². The Morgan fingerprint density at radius 1 is 1.47 bits per heavy atom. The average molecular weight is 264 g/mol. The lowest BCUT2D eigenvalue weighted by Crippen LogP contribution is -2.40. The second kappa shape index (κ2) is 4.34. The Morgan fingerprint density at radius 3 is 2.95 bits per heavy atom. The van der Waals surface area contributed by atoms with Crippen LogP contribution in [-0.4, -0.2) is 31.8 Å². The number of H-pyrrole nitrogens is 1. The van der Waals surface area contributed by atoms with Crippen LogP contribution in [0.2, 0.25) is 0 Å². The molecule has 0 aliphatic carbocycles. The third kappa shape index (κ3) is 1.90. The summed E-state index contributed by atoms with van der Waals surface area (Å²) in [5.74, 6) is 0.624. The van der Waals surface area contributed by atoms with E-state index in [0.717, 1.165) is 24.0 Å². The Bertz CT molecular complexity index is 734. The molecule has 0 spiro atoms. The fourth-order valence-electron chi connectivity index (χ4n) is 2.51. The maximum atomic E-state index is 12.2. The largest absolute Gasteiger partial charge is 0.376 e. The van der Waals surface area contributed by atoms with Crippen LogP contribution in [-0.2, 0) is 18.3 Å². The van der Waals surface area contributed by atoms with Crippen molar-refractivity contribution in [2.75, 3.05) is 6.61 Å². The first-order valence-corrected chi connectivity index (χ1v) is 6.35. The van der Waals surface area contributed by atoms with Crippen LogP contribution >= 0.6 is 0 Å². The monoisotopic (exact) mass is 264 g/mol. The maximum Gasteiger partial charge on any atom is 0.332 e. The molecule has 0 aromatic carbocycles. The van der Waals surface area contributed by atoms with Gasteiger partial charge in [-0.1, -0.05) is 0 Å². The number of aryl methyl sites for hydroxylation is 1. The molecule has 1 N–H and O–H groups in total. The molecule has 2 aromatic heterocycles. The third-order valence-electron chi connectivity index (χ3n) is 3.51. The summed E-state index contributed by atoms with van der Waals surface area (Å²) in [4.78, 5) is 31.4. The van der Waals surface area contributed by atoms with Crippen LogP contribution in [0.1, 0.15) is 18.7 Å². The first-order valence-electron chi connectivity index (χ1n) is 6.35. The Balaban J connectivity index is 2.21. The number of hydrogen-bond acceptors (Lipinski definition) is 4. The van der Waals surface area contributed by atoms with Gasteiger partial charge >= 0.3 is 5.69 Å². The highest BCUT2D eigenvalue weighted by atomic mass is 16.5. The SMILES string of the molecule is Cc1nc2c([nH]1)c(=O)n(C)c(=O)n2CC1CCCO1. The minimum atomic E-state index is -0.348. The molecule has 3 rings (SSSR count). The number of aromatic nitrogens is 4. The molecule has 1 aliphatic heterocycles. The molecule has 0 saturated carbocycles. The highest BCUT2D eigenvalue weighted by molar-refractivity contribution is 5.69. The number of nitrogens with zero attached hydrogens (tertiary/aromatic N) is 3. The van der Waals surface area contributed by atoms with Gasteiger partial charge in [-0.05, 0) is 19.8 Å². The molecule has 0 amide bonds. The summed E-state index contributed by atoms with van der Waals surface area (Å²) in [6.45, 7) is 2.93. The van der Waals surface area contributed by atoms with Crippen molar-refractivity contribution in [2.45, 2.75) is 32.4 Å². The normalized spacial score (nSPS) is 19.4. The summed E-state index contributed by atoms with van der Waals surface area (Å²) in [6.07, 6.45) is 1.96. The molecule has 0 bridgehead atoms. The first-order chi connectivity index (χ1) is 9.08. The van der Waals surface area contributed by atoms with E-state index in [-0.39, 0.29) is 17.4 Å². The maximum absolute atomic E-state index is 12.2. The van der Waals surface area contributed by atoms with E-state index in [0.29, 0.717) is 23.5 Å². The highest BCUT2D eigenvalue weighted by Crippen LogP contribution is 2.15. The van der Waals surface area contributed by atoms with E-state index in [4.69, 9.17) is 4.74 Å². The van der Waals surface area contributed by atoms with Gasteiger partial charge in [0.05, 0.1) is 12.6 Å². The molecule has 3 heterocycles. The van der Waals surface area contributed by atoms with Gasteiger partial charge in [0.25, 0.3) is 5.56 Å². The second-order valence-corrected chi connectivity index (χ2v) is 4.91. The topological polar surface area (TPSA) is 81.9 Å². The fourth-order valence-corrected chi connectivity index (χ4v) is 2.51. The summed E-state index contributed by atoms with van der Waals surface area (Å²) in [7, 11) is 1.48. The average Bonchev–Trinajstić information content (AvgIpc) is 3.01. The lowest BCUT2D eigenvalue weighted by atomic mass is 10.2.